The second-order valence-corrected chi connectivity index (χ2v) is 11.4. The molecule has 0 spiro atoms. The number of nitrogens with one attached hydrogen (secondary N) is 1. The lowest BCUT2D eigenvalue weighted by molar-refractivity contribution is -0.134. The maximum atomic E-state index is 12.5. The lowest BCUT2D eigenvalue weighted by Gasteiger charge is -2.21. The number of benzene rings is 1. The van der Waals surface area contributed by atoms with E-state index in [4.69, 9.17) is 0 Å². The van der Waals surface area contributed by atoms with Gasteiger partial charge in [-0.25, -0.2) is 8.42 Å². The van der Waals surface area contributed by atoms with E-state index >= 15 is 0 Å². The fraction of sp³-hybridized carbons (Fsp3) is 0.600. The highest BCUT2D eigenvalue weighted by atomic mass is 32.2. The van der Waals surface area contributed by atoms with E-state index in [9.17, 15) is 18.0 Å². The molecule has 0 aliphatic carbocycles. The minimum atomic E-state index is -3.04. The summed E-state index contributed by atoms with van der Waals surface area (Å²) in [5, 5.41) is 2.73. The zero-order valence-electron chi connectivity index (χ0n) is 17.0. The molecule has 1 fully saturated rings. The molecule has 2 rings (SSSR count). The van der Waals surface area contributed by atoms with Crippen LogP contribution in [0.5, 0.6) is 0 Å². The highest BCUT2D eigenvalue weighted by Crippen LogP contribution is 2.25. The van der Waals surface area contributed by atoms with Crippen molar-refractivity contribution in [3.63, 3.8) is 0 Å². The van der Waals surface area contributed by atoms with Crippen LogP contribution >= 0.6 is 11.8 Å². The van der Waals surface area contributed by atoms with E-state index < -0.39 is 9.84 Å². The largest absolute Gasteiger partial charge is 0.351 e. The van der Waals surface area contributed by atoms with E-state index in [1.807, 2.05) is 19.1 Å². The van der Waals surface area contributed by atoms with Crippen molar-refractivity contribution >= 4 is 33.4 Å². The van der Waals surface area contributed by atoms with Gasteiger partial charge < -0.3 is 10.2 Å². The zero-order chi connectivity index (χ0) is 20.9. The van der Waals surface area contributed by atoms with Gasteiger partial charge in [-0.15, -0.1) is 11.8 Å². The molecule has 1 N–H and O–H groups in total. The van der Waals surface area contributed by atoms with Crippen LogP contribution in [0.2, 0.25) is 0 Å². The smallest absolute Gasteiger partial charge is 0.239 e. The molecule has 1 aromatic carbocycles. The number of likely N-dealkylation sites (N-methyl/N-ethyl adjacent to an activating group) is 1. The van der Waals surface area contributed by atoms with Crippen molar-refractivity contribution in [2.24, 2.45) is 0 Å². The Morgan fingerprint density at radius 2 is 1.86 bits per heavy atom. The molecule has 6 nitrogen and oxygen atoms in total. The van der Waals surface area contributed by atoms with Gasteiger partial charge in [-0.2, -0.15) is 0 Å². The molecule has 8 heteroatoms. The molecule has 1 heterocycles. The first kappa shape index (κ1) is 22.7. The van der Waals surface area contributed by atoms with Crippen LogP contribution in [-0.2, 0) is 24.8 Å². The molecule has 1 atom stereocenters. The van der Waals surface area contributed by atoms with Crippen molar-refractivity contribution in [1.82, 2.24) is 10.2 Å². The third-order valence-corrected chi connectivity index (χ3v) is 7.51. The Morgan fingerprint density at radius 3 is 2.36 bits per heavy atom. The van der Waals surface area contributed by atoms with Gasteiger partial charge in [0.2, 0.25) is 11.8 Å². The fourth-order valence-corrected chi connectivity index (χ4v) is 5.49. The van der Waals surface area contributed by atoms with Crippen molar-refractivity contribution < 1.29 is 18.0 Å². The van der Waals surface area contributed by atoms with Crippen LogP contribution in [0.25, 0.3) is 0 Å². The molecule has 2 amide bonds. The van der Waals surface area contributed by atoms with Crippen LogP contribution in [0.15, 0.2) is 29.2 Å². The summed E-state index contributed by atoms with van der Waals surface area (Å²) >= 11 is 1.45. The minimum absolute atomic E-state index is 0.0147. The highest BCUT2D eigenvalue weighted by molar-refractivity contribution is 8.00. The molecule has 1 aromatic rings. The summed E-state index contributed by atoms with van der Waals surface area (Å²) in [7, 11) is -3.04. The Morgan fingerprint density at radius 1 is 1.21 bits per heavy atom. The van der Waals surface area contributed by atoms with Crippen LogP contribution in [0.1, 0.15) is 39.7 Å². The Labute approximate surface area is 172 Å². The first-order valence-electron chi connectivity index (χ1n) is 9.51. The molecular weight excluding hydrogens is 396 g/mol. The van der Waals surface area contributed by atoms with Gasteiger partial charge in [0, 0.05) is 17.5 Å². The number of hydrogen-bond donors (Lipinski definition) is 1. The number of carbonyl (C=O) groups excluding carboxylic acids is 2. The van der Waals surface area contributed by atoms with E-state index in [0.29, 0.717) is 13.0 Å². The summed E-state index contributed by atoms with van der Waals surface area (Å²) in [5.41, 5.74) is 1.33. The van der Waals surface area contributed by atoms with Crippen molar-refractivity contribution in [1.29, 1.82) is 0 Å². The predicted molar refractivity (Wildman–Crippen MR) is 113 cm³/mol. The monoisotopic (exact) mass is 426 g/mol. The van der Waals surface area contributed by atoms with Crippen LogP contribution in [0, 0.1) is 0 Å². The molecule has 0 unspecified atom stereocenters. The molecule has 28 heavy (non-hydrogen) atoms. The maximum absolute atomic E-state index is 12.5. The normalized spacial score (nSPS) is 18.6. The number of amides is 2. The molecule has 0 bridgehead atoms. The van der Waals surface area contributed by atoms with Crippen LogP contribution in [0.3, 0.4) is 0 Å². The summed E-state index contributed by atoms with van der Waals surface area (Å²) in [4.78, 5) is 27.2. The van der Waals surface area contributed by atoms with Gasteiger partial charge in [-0.3, -0.25) is 9.59 Å². The number of carbonyl (C=O) groups is 2. The average molecular weight is 427 g/mol. The minimum Gasteiger partial charge on any atom is -0.351 e. The quantitative estimate of drug-likeness (QED) is 0.676. The summed E-state index contributed by atoms with van der Waals surface area (Å²) in [6.45, 7) is 8.68. The van der Waals surface area contributed by atoms with E-state index in [1.165, 1.54) is 22.2 Å². The second-order valence-electron chi connectivity index (χ2n) is 8.14. The lowest BCUT2D eigenvalue weighted by atomic mass is 9.87. The van der Waals surface area contributed by atoms with Crippen molar-refractivity contribution in [2.45, 2.75) is 50.5 Å². The molecule has 0 radical (unpaired) electrons. The third kappa shape index (κ3) is 6.81. The average Bonchev–Trinajstić information content (AvgIpc) is 2.95. The molecule has 1 saturated heterocycles. The van der Waals surface area contributed by atoms with Crippen molar-refractivity contribution in [3.8, 4) is 0 Å². The van der Waals surface area contributed by atoms with Crippen LogP contribution in [-0.4, -0.2) is 61.5 Å². The summed E-state index contributed by atoms with van der Waals surface area (Å²) in [6, 6.07) is 7.84. The standard InChI is InChI=1S/C20H30N2O4S2/c1-5-22(12-18(23)21-16-10-11-28(25,26)14-16)19(24)13-27-17-8-6-15(7-9-17)20(2,3)4/h6-9,16H,5,10-14H2,1-4H3,(H,21,23)/t16-/m0/s1. The summed E-state index contributed by atoms with van der Waals surface area (Å²) in [5.74, 6) is -0.0649. The molecule has 0 saturated carbocycles. The fourth-order valence-electron chi connectivity index (χ4n) is 3.02. The molecule has 1 aliphatic rings. The second kappa shape index (κ2) is 9.31. The Hall–Kier alpha value is -1.54. The van der Waals surface area contributed by atoms with Crippen molar-refractivity contribution in [3.05, 3.63) is 29.8 Å². The zero-order valence-corrected chi connectivity index (χ0v) is 18.7. The maximum Gasteiger partial charge on any atom is 0.239 e. The number of thioether (sulfide) groups is 1. The van der Waals surface area contributed by atoms with E-state index in [1.54, 1.807) is 0 Å². The lowest BCUT2D eigenvalue weighted by Crippen LogP contribution is -2.45. The molecule has 156 valence electrons. The van der Waals surface area contributed by atoms with Gasteiger partial charge in [-0.05, 0) is 36.5 Å². The predicted octanol–water partition coefficient (Wildman–Crippen LogP) is 2.23. The van der Waals surface area contributed by atoms with E-state index in [-0.39, 0.29) is 47.1 Å². The highest BCUT2D eigenvalue weighted by Gasteiger charge is 2.29. The van der Waals surface area contributed by atoms with Gasteiger partial charge in [-0.1, -0.05) is 32.9 Å². The van der Waals surface area contributed by atoms with Crippen LogP contribution < -0.4 is 5.32 Å². The van der Waals surface area contributed by atoms with Gasteiger partial charge in [0.25, 0.3) is 0 Å². The first-order valence-corrected chi connectivity index (χ1v) is 12.3. The van der Waals surface area contributed by atoms with Crippen LogP contribution in [0.4, 0.5) is 0 Å². The molecule has 1 aliphatic heterocycles. The molecule has 0 aromatic heterocycles. The van der Waals surface area contributed by atoms with Gasteiger partial charge >= 0.3 is 0 Å². The van der Waals surface area contributed by atoms with E-state index in [2.05, 4.69) is 38.2 Å². The number of sulfone groups is 1. The third-order valence-electron chi connectivity index (χ3n) is 4.75. The summed E-state index contributed by atoms with van der Waals surface area (Å²) < 4.78 is 23.0. The Bertz CT molecular complexity index is 798. The molecular formula is C20H30N2O4S2. The number of nitrogens with zero attached hydrogens (tertiary/aromatic N) is 1. The number of hydrogen-bond acceptors (Lipinski definition) is 5. The Kier molecular flexibility index (Phi) is 7.56. The first-order chi connectivity index (χ1) is 13.0. The summed E-state index contributed by atoms with van der Waals surface area (Å²) in [6.07, 6.45) is 0.439. The van der Waals surface area contributed by atoms with Crippen molar-refractivity contribution in [2.75, 3.05) is 30.3 Å². The van der Waals surface area contributed by atoms with Gasteiger partial charge in [0.15, 0.2) is 9.84 Å². The van der Waals surface area contributed by atoms with Gasteiger partial charge in [0.05, 0.1) is 23.8 Å². The topological polar surface area (TPSA) is 83.6 Å². The number of rotatable bonds is 7. The SMILES string of the molecule is CCN(CC(=O)N[C@H]1CCS(=O)(=O)C1)C(=O)CSc1ccc(C(C)(C)C)cc1. The Balaban J connectivity index is 1.83. The van der Waals surface area contributed by atoms with Gasteiger partial charge in [0.1, 0.15) is 0 Å². The van der Waals surface area contributed by atoms with E-state index in [0.717, 1.165) is 4.90 Å².